The van der Waals surface area contributed by atoms with Crippen molar-refractivity contribution in [2.24, 2.45) is 5.92 Å². The summed E-state index contributed by atoms with van der Waals surface area (Å²) in [6, 6.07) is -0.726. The monoisotopic (exact) mass is 318 g/mol. The highest BCUT2D eigenvalue weighted by atomic mass is 32.2. The van der Waals surface area contributed by atoms with Crippen molar-refractivity contribution in [3.63, 3.8) is 0 Å². The molecule has 0 radical (unpaired) electrons. The van der Waals surface area contributed by atoms with Gasteiger partial charge in [-0.1, -0.05) is 20.8 Å². The summed E-state index contributed by atoms with van der Waals surface area (Å²) < 4.78 is 23.1. The molecule has 0 aliphatic carbocycles. The molecule has 1 saturated heterocycles. The molecule has 0 aromatic carbocycles. The van der Waals surface area contributed by atoms with E-state index in [-0.39, 0.29) is 41.7 Å². The fourth-order valence-electron chi connectivity index (χ4n) is 2.45. The molecular weight excluding hydrogens is 292 g/mol. The van der Waals surface area contributed by atoms with E-state index in [1.54, 1.807) is 11.8 Å². The van der Waals surface area contributed by atoms with Crippen LogP contribution < -0.4 is 5.32 Å². The molecular formula is C14H26N2O4S. The number of amides is 2. The van der Waals surface area contributed by atoms with E-state index in [1.165, 1.54) is 0 Å². The van der Waals surface area contributed by atoms with Gasteiger partial charge in [0.15, 0.2) is 0 Å². The quantitative estimate of drug-likeness (QED) is 0.776. The van der Waals surface area contributed by atoms with Crippen molar-refractivity contribution >= 4 is 21.7 Å². The maximum Gasteiger partial charge on any atom is 0.245 e. The molecule has 1 N–H and O–H groups in total. The summed E-state index contributed by atoms with van der Waals surface area (Å²) >= 11 is 0. The molecule has 1 aliphatic rings. The van der Waals surface area contributed by atoms with E-state index >= 15 is 0 Å². The van der Waals surface area contributed by atoms with Crippen molar-refractivity contribution in [1.82, 2.24) is 10.2 Å². The minimum Gasteiger partial charge on any atom is -0.344 e. The van der Waals surface area contributed by atoms with Gasteiger partial charge < -0.3 is 10.2 Å². The predicted molar refractivity (Wildman–Crippen MR) is 81.5 cm³/mol. The number of nitrogens with one attached hydrogen (secondary N) is 1. The molecule has 1 heterocycles. The number of sulfone groups is 1. The van der Waals surface area contributed by atoms with Gasteiger partial charge in [0.1, 0.15) is 15.9 Å². The number of hydrogen-bond acceptors (Lipinski definition) is 4. The van der Waals surface area contributed by atoms with E-state index < -0.39 is 15.9 Å². The molecule has 0 aromatic heterocycles. The number of nitrogens with zero attached hydrogens (tertiary/aromatic N) is 1. The SMILES string of the molecule is CCS(=O)(=O)CCCN1C(=O)C(C(C)C)NC(=O)CC1C. The van der Waals surface area contributed by atoms with Crippen molar-refractivity contribution < 1.29 is 18.0 Å². The van der Waals surface area contributed by atoms with Gasteiger partial charge in [-0.05, 0) is 19.3 Å². The molecule has 122 valence electrons. The molecule has 1 rings (SSSR count). The van der Waals surface area contributed by atoms with Crippen LogP contribution in [0.15, 0.2) is 0 Å². The first-order chi connectivity index (χ1) is 9.68. The largest absolute Gasteiger partial charge is 0.344 e. The van der Waals surface area contributed by atoms with E-state index in [4.69, 9.17) is 0 Å². The molecule has 2 amide bonds. The lowest BCUT2D eigenvalue weighted by atomic mass is 10.0. The van der Waals surface area contributed by atoms with E-state index in [2.05, 4.69) is 5.32 Å². The minimum absolute atomic E-state index is 0.00799. The van der Waals surface area contributed by atoms with E-state index in [0.717, 1.165) is 0 Å². The first kappa shape index (κ1) is 17.9. The third kappa shape index (κ3) is 4.98. The van der Waals surface area contributed by atoms with Gasteiger partial charge in [-0.3, -0.25) is 9.59 Å². The van der Waals surface area contributed by atoms with Crippen LogP contribution in [0.3, 0.4) is 0 Å². The van der Waals surface area contributed by atoms with Crippen LogP contribution in [-0.4, -0.2) is 55.3 Å². The lowest BCUT2D eigenvalue weighted by molar-refractivity contribution is -0.136. The molecule has 0 aromatic rings. The molecule has 2 unspecified atom stereocenters. The summed E-state index contributed by atoms with van der Waals surface area (Å²) in [6.07, 6.45) is 0.667. The fourth-order valence-corrected chi connectivity index (χ4v) is 3.31. The highest BCUT2D eigenvalue weighted by Gasteiger charge is 2.35. The Labute approximate surface area is 127 Å². The van der Waals surface area contributed by atoms with Crippen LogP contribution in [0.4, 0.5) is 0 Å². The Bertz CT molecular complexity index is 487. The maximum atomic E-state index is 12.5. The molecule has 21 heavy (non-hydrogen) atoms. The molecule has 0 bridgehead atoms. The second-order valence-corrected chi connectivity index (χ2v) is 8.44. The van der Waals surface area contributed by atoms with E-state index in [0.29, 0.717) is 13.0 Å². The summed E-state index contributed by atoms with van der Waals surface area (Å²) in [5.74, 6) is -0.0390. The number of carbonyl (C=O) groups excluding carboxylic acids is 2. The number of carbonyl (C=O) groups is 2. The Morgan fingerprint density at radius 3 is 2.48 bits per heavy atom. The smallest absolute Gasteiger partial charge is 0.245 e. The number of rotatable bonds is 6. The summed E-state index contributed by atoms with van der Waals surface area (Å²) in [5, 5.41) is 2.76. The van der Waals surface area contributed by atoms with Gasteiger partial charge in [0.25, 0.3) is 0 Å². The normalized spacial score (nSPS) is 24.1. The van der Waals surface area contributed by atoms with Crippen molar-refractivity contribution in [2.45, 2.75) is 52.6 Å². The molecule has 0 spiro atoms. The van der Waals surface area contributed by atoms with Crippen molar-refractivity contribution in [2.75, 3.05) is 18.1 Å². The zero-order valence-corrected chi connectivity index (χ0v) is 14.1. The van der Waals surface area contributed by atoms with Crippen LogP contribution in [0, 0.1) is 5.92 Å². The summed E-state index contributed by atoms with van der Waals surface area (Å²) in [5.41, 5.74) is 0. The second-order valence-electron chi connectivity index (χ2n) is 5.96. The summed E-state index contributed by atoms with van der Waals surface area (Å²) in [6.45, 7) is 7.59. The summed E-state index contributed by atoms with van der Waals surface area (Å²) in [7, 11) is -3.03. The highest BCUT2D eigenvalue weighted by Crippen LogP contribution is 2.16. The Hall–Kier alpha value is -1.11. The third-order valence-electron chi connectivity index (χ3n) is 3.84. The van der Waals surface area contributed by atoms with Gasteiger partial charge in [-0.2, -0.15) is 0 Å². The average Bonchev–Trinajstić information content (AvgIpc) is 2.49. The van der Waals surface area contributed by atoms with E-state index in [1.807, 2.05) is 20.8 Å². The van der Waals surface area contributed by atoms with Crippen LogP contribution in [-0.2, 0) is 19.4 Å². The van der Waals surface area contributed by atoms with Crippen molar-refractivity contribution in [3.8, 4) is 0 Å². The average molecular weight is 318 g/mol. The minimum atomic E-state index is -3.03. The van der Waals surface area contributed by atoms with Crippen molar-refractivity contribution in [3.05, 3.63) is 0 Å². The van der Waals surface area contributed by atoms with Crippen LogP contribution in [0.2, 0.25) is 0 Å². The molecule has 2 atom stereocenters. The van der Waals surface area contributed by atoms with Gasteiger partial charge in [-0.25, -0.2) is 8.42 Å². The Kier molecular flexibility index (Phi) is 6.19. The summed E-state index contributed by atoms with van der Waals surface area (Å²) in [4.78, 5) is 26.0. The molecule has 6 nitrogen and oxygen atoms in total. The fraction of sp³-hybridized carbons (Fsp3) is 0.857. The van der Waals surface area contributed by atoms with Gasteiger partial charge in [-0.15, -0.1) is 0 Å². The Morgan fingerprint density at radius 2 is 1.95 bits per heavy atom. The topological polar surface area (TPSA) is 83.6 Å². The maximum absolute atomic E-state index is 12.5. The van der Waals surface area contributed by atoms with Crippen molar-refractivity contribution in [1.29, 1.82) is 0 Å². The third-order valence-corrected chi connectivity index (χ3v) is 5.63. The first-order valence-electron chi connectivity index (χ1n) is 7.48. The molecule has 0 saturated carbocycles. The van der Waals surface area contributed by atoms with Gasteiger partial charge in [0.2, 0.25) is 11.8 Å². The Balaban J connectivity index is 2.77. The highest BCUT2D eigenvalue weighted by molar-refractivity contribution is 7.91. The van der Waals surface area contributed by atoms with Gasteiger partial charge >= 0.3 is 0 Å². The van der Waals surface area contributed by atoms with Crippen LogP contribution in [0.1, 0.15) is 40.5 Å². The lowest BCUT2D eigenvalue weighted by Crippen LogP contribution is -2.49. The zero-order valence-electron chi connectivity index (χ0n) is 13.3. The number of hydrogen-bond donors (Lipinski definition) is 1. The molecule has 1 fully saturated rings. The standard InChI is InChI=1S/C14H26N2O4S/c1-5-21(19,20)8-6-7-16-11(4)9-12(17)15-13(10(2)3)14(16)18/h10-11,13H,5-9H2,1-4H3,(H,15,17). The lowest BCUT2D eigenvalue weighted by Gasteiger charge is -2.30. The first-order valence-corrected chi connectivity index (χ1v) is 9.30. The van der Waals surface area contributed by atoms with Gasteiger partial charge in [0, 0.05) is 24.8 Å². The van der Waals surface area contributed by atoms with Crippen LogP contribution >= 0.6 is 0 Å². The second kappa shape index (κ2) is 7.24. The van der Waals surface area contributed by atoms with Crippen LogP contribution in [0.25, 0.3) is 0 Å². The molecule has 7 heteroatoms. The predicted octanol–water partition coefficient (Wildman–Crippen LogP) is 0.573. The molecule has 1 aliphatic heterocycles. The van der Waals surface area contributed by atoms with E-state index in [9.17, 15) is 18.0 Å². The van der Waals surface area contributed by atoms with Gasteiger partial charge in [0.05, 0.1) is 5.75 Å². The van der Waals surface area contributed by atoms with Crippen LogP contribution in [0.5, 0.6) is 0 Å². The Morgan fingerprint density at radius 1 is 1.33 bits per heavy atom. The zero-order chi connectivity index (χ0) is 16.2.